The molecule has 4 rings (SSSR count). The molecule has 0 fully saturated rings. The summed E-state index contributed by atoms with van der Waals surface area (Å²) in [5.74, 6) is -0.513. The van der Waals surface area contributed by atoms with Crippen LogP contribution in [0.15, 0.2) is 48.8 Å². The van der Waals surface area contributed by atoms with Crippen LogP contribution in [0.4, 0.5) is 9.52 Å². The van der Waals surface area contributed by atoms with E-state index < -0.39 is 0 Å². The summed E-state index contributed by atoms with van der Waals surface area (Å²) in [4.78, 5) is 19.6. The summed E-state index contributed by atoms with van der Waals surface area (Å²) >= 11 is 8.48. The van der Waals surface area contributed by atoms with Crippen molar-refractivity contribution in [2.75, 3.05) is 11.4 Å². The summed E-state index contributed by atoms with van der Waals surface area (Å²) in [7, 11) is 0. The van der Waals surface area contributed by atoms with E-state index in [0.29, 0.717) is 37.7 Å². The Morgan fingerprint density at radius 3 is 2.88 bits per heavy atom. The van der Waals surface area contributed by atoms with Gasteiger partial charge in [-0.2, -0.15) is 5.10 Å². The quantitative estimate of drug-likeness (QED) is 0.483. The maximum Gasteiger partial charge on any atom is 0.270 e. The average molecular weight is 407 g/mol. The lowest BCUT2D eigenvalue weighted by atomic mass is 10.3. The lowest BCUT2D eigenvalue weighted by Gasteiger charge is -2.19. The highest BCUT2D eigenvalue weighted by Crippen LogP contribution is 2.31. The van der Waals surface area contributed by atoms with E-state index in [9.17, 15) is 9.18 Å². The summed E-state index contributed by atoms with van der Waals surface area (Å²) in [6.07, 6.45) is 3.52. The lowest BCUT2D eigenvalue weighted by molar-refractivity contribution is 0.0989. The van der Waals surface area contributed by atoms with Gasteiger partial charge in [-0.3, -0.25) is 14.4 Å². The van der Waals surface area contributed by atoms with Crippen LogP contribution >= 0.6 is 34.3 Å². The summed E-state index contributed by atoms with van der Waals surface area (Å²) in [5.41, 5.74) is 0.660. The lowest BCUT2D eigenvalue weighted by Crippen LogP contribution is -2.33. The molecule has 1 amide bonds. The molecule has 26 heavy (non-hydrogen) atoms. The Hall–Kier alpha value is -2.29. The first kappa shape index (κ1) is 17.1. The number of halogens is 2. The molecule has 0 aliphatic rings. The smallest absolute Gasteiger partial charge is 0.270 e. The van der Waals surface area contributed by atoms with E-state index >= 15 is 0 Å². The highest BCUT2D eigenvalue weighted by atomic mass is 35.5. The van der Waals surface area contributed by atoms with E-state index in [1.165, 1.54) is 34.8 Å². The molecule has 3 heterocycles. The van der Waals surface area contributed by atoms with Gasteiger partial charge in [-0.15, -0.1) is 11.3 Å². The van der Waals surface area contributed by atoms with Crippen molar-refractivity contribution < 1.29 is 9.18 Å². The number of thiophene rings is 1. The van der Waals surface area contributed by atoms with Crippen molar-refractivity contribution in [3.63, 3.8) is 0 Å². The molecule has 3 aromatic heterocycles. The molecule has 4 aromatic rings. The Morgan fingerprint density at radius 1 is 1.27 bits per heavy atom. The zero-order valence-corrected chi connectivity index (χ0v) is 15.7. The van der Waals surface area contributed by atoms with Crippen LogP contribution in [0.25, 0.3) is 10.2 Å². The molecular weight excluding hydrogens is 395 g/mol. The zero-order chi connectivity index (χ0) is 18.1. The number of benzene rings is 1. The number of aromatic nitrogens is 3. The maximum atomic E-state index is 13.5. The minimum absolute atomic E-state index is 0.186. The van der Waals surface area contributed by atoms with Crippen molar-refractivity contribution in [1.82, 2.24) is 14.8 Å². The second kappa shape index (κ2) is 7.14. The molecule has 132 valence electrons. The van der Waals surface area contributed by atoms with Gasteiger partial charge in [0.2, 0.25) is 0 Å². The van der Waals surface area contributed by atoms with Crippen molar-refractivity contribution in [3.05, 3.63) is 63.8 Å². The number of thiazole rings is 1. The van der Waals surface area contributed by atoms with Crippen LogP contribution in [-0.4, -0.2) is 27.2 Å². The number of amides is 1. The van der Waals surface area contributed by atoms with Crippen molar-refractivity contribution in [3.8, 4) is 0 Å². The minimum atomic E-state index is -0.327. The van der Waals surface area contributed by atoms with Gasteiger partial charge in [0.15, 0.2) is 5.13 Å². The third-order valence-corrected chi connectivity index (χ3v) is 5.97. The molecule has 0 N–H and O–H groups in total. The van der Waals surface area contributed by atoms with Crippen molar-refractivity contribution >= 4 is 55.5 Å². The van der Waals surface area contributed by atoms with Crippen LogP contribution in [0.5, 0.6) is 0 Å². The van der Waals surface area contributed by atoms with Crippen LogP contribution < -0.4 is 4.90 Å². The molecule has 0 spiro atoms. The van der Waals surface area contributed by atoms with E-state index in [4.69, 9.17) is 11.6 Å². The first-order valence-electron chi connectivity index (χ1n) is 7.71. The fraction of sp³-hybridized carbons (Fsp3) is 0.118. The van der Waals surface area contributed by atoms with Crippen LogP contribution in [0.1, 0.15) is 9.67 Å². The molecule has 5 nitrogen and oxygen atoms in total. The molecule has 0 saturated carbocycles. The molecule has 9 heteroatoms. The number of rotatable bonds is 5. The van der Waals surface area contributed by atoms with E-state index in [0.717, 1.165) is 0 Å². The first-order chi connectivity index (χ1) is 12.6. The molecule has 0 unspecified atom stereocenters. The van der Waals surface area contributed by atoms with Gasteiger partial charge < -0.3 is 0 Å². The molecule has 0 aliphatic heterocycles. The number of carbonyl (C=O) groups excluding carboxylic acids is 1. The molecule has 1 aromatic carbocycles. The Morgan fingerprint density at radius 2 is 2.15 bits per heavy atom. The summed E-state index contributed by atoms with van der Waals surface area (Å²) < 4.78 is 16.5. The van der Waals surface area contributed by atoms with E-state index in [1.807, 2.05) is 12.3 Å². The number of nitrogens with zero attached hydrogens (tertiary/aromatic N) is 4. The van der Waals surface area contributed by atoms with Crippen LogP contribution in [0, 0.1) is 5.82 Å². The number of hydrogen-bond acceptors (Lipinski definition) is 5. The fourth-order valence-electron chi connectivity index (χ4n) is 2.48. The number of carbonyl (C=O) groups is 1. The predicted molar refractivity (Wildman–Crippen MR) is 103 cm³/mol. The van der Waals surface area contributed by atoms with Gasteiger partial charge in [0.05, 0.1) is 26.0 Å². The first-order valence-corrected chi connectivity index (χ1v) is 9.72. The molecule has 0 radical (unpaired) electrons. The van der Waals surface area contributed by atoms with E-state index in [1.54, 1.807) is 34.0 Å². The van der Waals surface area contributed by atoms with Crippen molar-refractivity contribution in [2.45, 2.75) is 6.54 Å². The predicted octanol–water partition coefficient (Wildman–Crippen LogP) is 4.69. The van der Waals surface area contributed by atoms with E-state index in [-0.39, 0.29) is 11.7 Å². The van der Waals surface area contributed by atoms with Gasteiger partial charge in [0.25, 0.3) is 5.91 Å². The number of fused-ring (bicyclic) bond motifs is 1. The average Bonchev–Trinajstić information content (AvgIpc) is 3.35. The van der Waals surface area contributed by atoms with Crippen molar-refractivity contribution in [1.29, 1.82) is 0 Å². The second-order valence-electron chi connectivity index (χ2n) is 5.44. The topological polar surface area (TPSA) is 51.0 Å². The fourth-order valence-corrected chi connectivity index (χ4v) is 4.49. The third-order valence-electron chi connectivity index (χ3n) is 3.71. The van der Waals surface area contributed by atoms with Gasteiger partial charge in [0.1, 0.15) is 5.82 Å². The minimum Gasteiger partial charge on any atom is -0.281 e. The highest BCUT2D eigenvalue weighted by Gasteiger charge is 2.23. The Labute approximate surface area is 161 Å². The Kier molecular flexibility index (Phi) is 4.71. The van der Waals surface area contributed by atoms with Crippen LogP contribution in [-0.2, 0) is 6.54 Å². The summed E-state index contributed by atoms with van der Waals surface area (Å²) in [5, 5.41) is 4.69. The van der Waals surface area contributed by atoms with Gasteiger partial charge in [-0.05, 0) is 36.4 Å². The van der Waals surface area contributed by atoms with Crippen LogP contribution in [0.3, 0.4) is 0 Å². The van der Waals surface area contributed by atoms with Crippen molar-refractivity contribution in [2.24, 2.45) is 0 Å². The zero-order valence-electron chi connectivity index (χ0n) is 13.3. The van der Waals surface area contributed by atoms with Crippen LogP contribution in [0.2, 0.25) is 4.34 Å². The molecule has 0 saturated heterocycles. The van der Waals surface area contributed by atoms with Gasteiger partial charge in [0, 0.05) is 18.9 Å². The number of hydrogen-bond donors (Lipinski definition) is 0. The summed E-state index contributed by atoms with van der Waals surface area (Å²) in [6, 6.07) is 9.62. The normalized spacial score (nSPS) is 11.2. The standard InChI is InChI=1S/C17H12ClFN4OS2/c18-15-5-4-13(25-15)16(24)23(9-8-22-7-1-6-20-22)17-21-12-3-2-11(19)10-14(12)26-17/h1-7,10H,8-9H2. The van der Waals surface area contributed by atoms with Gasteiger partial charge in [-0.25, -0.2) is 9.37 Å². The molecule has 0 bridgehead atoms. The molecule has 0 aliphatic carbocycles. The molecular formula is C17H12ClFN4OS2. The monoisotopic (exact) mass is 406 g/mol. The third kappa shape index (κ3) is 3.48. The Balaban J connectivity index is 1.69. The SMILES string of the molecule is O=C(c1ccc(Cl)s1)N(CCn1cccn1)c1nc2ccc(F)cc2s1. The number of anilines is 1. The van der Waals surface area contributed by atoms with E-state index in [2.05, 4.69) is 10.1 Å². The Bertz CT molecular complexity index is 1060. The largest absolute Gasteiger partial charge is 0.281 e. The van der Waals surface area contributed by atoms with Gasteiger partial charge >= 0.3 is 0 Å². The maximum absolute atomic E-state index is 13.5. The second-order valence-corrected chi connectivity index (χ2v) is 8.16. The summed E-state index contributed by atoms with van der Waals surface area (Å²) in [6.45, 7) is 0.903. The van der Waals surface area contributed by atoms with Gasteiger partial charge in [-0.1, -0.05) is 22.9 Å². The molecule has 0 atom stereocenters. The highest BCUT2D eigenvalue weighted by molar-refractivity contribution is 7.22.